The lowest BCUT2D eigenvalue weighted by Crippen LogP contribution is -2.34. The summed E-state index contributed by atoms with van der Waals surface area (Å²) in [6, 6.07) is 12.3. The molecule has 0 aliphatic carbocycles. The average Bonchev–Trinajstić information content (AvgIpc) is 3.50. The number of fused-ring (bicyclic) bond motifs is 2. The Balaban J connectivity index is 1.59. The Morgan fingerprint density at radius 3 is 2.44 bits per heavy atom. The first kappa shape index (κ1) is 27.5. The zero-order chi connectivity index (χ0) is 29.3. The molecule has 4 aromatic rings. The molecule has 210 valence electrons. The van der Waals surface area contributed by atoms with E-state index in [0.717, 1.165) is 6.54 Å². The Kier molecular flexibility index (Phi) is 7.54. The third kappa shape index (κ3) is 5.52. The Morgan fingerprint density at radius 1 is 0.976 bits per heavy atom. The van der Waals surface area contributed by atoms with Crippen LogP contribution in [0.3, 0.4) is 0 Å². The number of carbonyl (C=O) groups is 3. The number of esters is 1. The van der Waals surface area contributed by atoms with Gasteiger partial charge in [-0.1, -0.05) is 12.1 Å². The quantitative estimate of drug-likeness (QED) is 0.252. The fraction of sp³-hybridized carbons (Fsp3) is 0.233. The lowest BCUT2D eigenvalue weighted by atomic mass is 9.98. The normalized spacial score (nSPS) is 13.7. The van der Waals surface area contributed by atoms with Crippen LogP contribution in [0.2, 0.25) is 0 Å². The summed E-state index contributed by atoms with van der Waals surface area (Å²) in [4.78, 5) is 51.2. The summed E-state index contributed by atoms with van der Waals surface area (Å²) >= 11 is 0. The highest BCUT2D eigenvalue weighted by atomic mass is 16.5. The Morgan fingerprint density at radius 2 is 1.71 bits per heavy atom. The lowest BCUT2D eigenvalue weighted by molar-refractivity contribution is -0.110. The first-order valence-electron chi connectivity index (χ1n) is 13.0. The average molecular weight is 554 g/mol. The van der Waals surface area contributed by atoms with Gasteiger partial charge in [-0.25, -0.2) is 4.79 Å². The number of hydrogen-bond acceptors (Lipinski definition) is 8. The molecule has 3 heterocycles. The molecule has 11 heteroatoms. The van der Waals surface area contributed by atoms with Crippen molar-refractivity contribution < 1.29 is 19.1 Å². The van der Waals surface area contributed by atoms with Crippen LogP contribution >= 0.6 is 0 Å². The van der Waals surface area contributed by atoms with Crippen LogP contribution in [0.4, 0.5) is 11.4 Å². The van der Waals surface area contributed by atoms with Crippen LogP contribution in [0.1, 0.15) is 32.0 Å². The van der Waals surface area contributed by atoms with Gasteiger partial charge in [-0.05, 0) is 44.4 Å². The van der Waals surface area contributed by atoms with Crippen molar-refractivity contribution in [3.63, 3.8) is 0 Å². The minimum atomic E-state index is -0.497. The Labute approximate surface area is 237 Å². The van der Waals surface area contributed by atoms with Gasteiger partial charge in [0.25, 0.3) is 11.8 Å². The summed E-state index contributed by atoms with van der Waals surface area (Å²) in [6.45, 7) is 1.32. The van der Waals surface area contributed by atoms with Crippen molar-refractivity contribution in [1.29, 1.82) is 0 Å². The van der Waals surface area contributed by atoms with Gasteiger partial charge < -0.3 is 29.7 Å². The highest BCUT2D eigenvalue weighted by Gasteiger charge is 2.30. The van der Waals surface area contributed by atoms with E-state index in [0.29, 0.717) is 62.6 Å². The molecule has 1 aliphatic rings. The zero-order valence-corrected chi connectivity index (χ0v) is 23.6. The summed E-state index contributed by atoms with van der Waals surface area (Å²) < 4.78 is 6.60. The fourth-order valence-corrected chi connectivity index (χ4v) is 4.70. The molecule has 0 atom stereocenters. The molecule has 5 rings (SSSR count). The number of rotatable bonds is 8. The smallest absolute Gasteiger partial charge is 0.337 e. The second-order valence-corrected chi connectivity index (χ2v) is 10.1. The maximum Gasteiger partial charge on any atom is 0.337 e. The van der Waals surface area contributed by atoms with Crippen molar-refractivity contribution in [3.05, 3.63) is 83.4 Å². The van der Waals surface area contributed by atoms with Crippen molar-refractivity contribution >= 4 is 51.5 Å². The molecule has 0 fully saturated rings. The number of hydrogen-bond donors (Lipinski definition) is 2. The van der Waals surface area contributed by atoms with Gasteiger partial charge in [0.05, 0.1) is 46.4 Å². The van der Waals surface area contributed by atoms with Gasteiger partial charge in [0.15, 0.2) is 0 Å². The molecule has 2 aromatic carbocycles. The highest BCUT2D eigenvalue weighted by molar-refractivity contribution is 6.37. The molecule has 2 aromatic heterocycles. The van der Waals surface area contributed by atoms with Gasteiger partial charge in [0, 0.05) is 56.9 Å². The molecule has 2 N–H and O–H groups in total. The van der Waals surface area contributed by atoms with Crippen LogP contribution in [-0.2, 0) is 16.6 Å². The van der Waals surface area contributed by atoms with Gasteiger partial charge in [0.1, 0.15) is 5.69 Å². The summed E-state index contributed by atoms with van der Waals surface area (Å²) in [7, 11) is 8.82. The van der Waals surface area contributed by atoms with Crippen LogP contribution in [0, 0.1) is 0 Å². The Bertz CT molecular complexity index is 1710. The number of likely N-dealkylation sites (N-methyl/N-ethyl adjacent to an activating group) is 2. The topological polar surface area (TPSA) is 122 Å². The maximum atomic E-state index is 13.4. The molecule has 2 amide bonds. The van der Waals surface area contributed by atoms with Gasteiger partial charge in [-0.2, -0.15) is 0 Å². The molecule has 0 unspecified atom stereocenters. The van der Waals surface area contributed by atoms with Crippen LogP contribution in [0.5, 0.6) is 0 Å². The SMILES string of the molecule is COC(=O)c1ccc2c(c1)NC(=O)/C2=C(\Nc1cc(C(=O)N(C)CCN(C)C)n(C)c1)c1ccc2nccnc2c1. The molecule has 0 spiro atoms. The van der Waals surface area contributed by atoms with Crippen molar-refractivity contribution in [2.24, 2.45) is 7.05 Å². The van der Waals surface area contributed by atoms with Gasteiger partial charge in [0.2, 0.25) is 0 Å². The van der Waals surface area contributed by atoms with E-state index in [1.165, 1.54) is 7.11 Å². The predicted molar refractivity (Wildman–Crippen MR) is 157 cm³/mol. The summed E-state index contributed by atoms with van der Waals surface area (Å²) in [6.07, 6.45) is 5.04. The molecular weight excluding hydrogens is 522 g/mol. The van der Waals surface area contributed by atoms with Crippen molar-refractivity contribution in [2.75, 3.05) is 52.0 Å². The van der Waals surface area contributed by atoms with Crippen LogP contribution < -0.4 is 10.6 Å². The number of carbonyl (C=O) groups excluding carboxylic acids is 3. The van der Waals surface area contributed by atoms with Crippen LogP contribution in [0.25, 0.3) is 22.3 Å². The summed E-state index contributed by atoms with van der Waals surface area (Å²) in [5, 5.41) is 6.28. The van der Waals surface area contributed by atoms with Crippen molar-refractivity contribution in [1.82, 2.24) is 24.3 Å². The zero-order valence-electron chi connectivity index (χ0n) is 23.6. The van der Waals surface area contributed by atoms with E-state index >= 15 is 0 Å². The standard InChI is InChI=1S/C30H31N7O4/c1-35(2)12-13-36(3)29(39)25-16-20(17-37(25)4)33-27(18-7-9-22-24(14-18)32-11-10-31-22)26-21-8-6-19(30(40)41-5)15-23(21)34-28(26)38/h6-11,14-17,33H,12-13H2,1-5H3,(H,34,38)/b27-26-. The Hall–Kier alpha value is -5.03. The van der Waals surface area contributed by atoms with E-state index in [1.807, 2.05) is 50.4 Å². The lowest BCUT2D eigenvalue weighted by Gasteiger charge is -2.19. The van der Waals surface area contributed by atoms with Gasteiger partial charge >= 0.3 is 5.97 Å². The minimum Gasteiger partial charge on any atom is -0.465 e. The number of nitrogens with one attached hydrogen (secondary N) is 2. The van der Waals surface area contributed by atoms with Crippen LogP contribution in [0.15, 0.2) is 61.1 Å². The molecule has 0 saturated heterocycles. The molecule has 11 nitrogen and oxygen atoms in total. The highest BCUT2D eigenvalue weighted by Crippen LogP contribution is 2.38. The second-order valence-electron chi connectivity index (χ2n) is 10.1. The summed E-state index contributed by atoms with van der Waals surface area (Å²) in [5.41, 5.74) is 5.57. The third-order valence-corrected chi connectivity index (χ3v) is 6.92. The molecule has 1 aliphatic heterocycles. The number of benzene rings is 2. The maximum absolute atomic E-state index is 13.4. The number of anilines is 2. The molecule has 41 heavy (non-hydrogen) atoms. The van der Waals surface area contributed by atoms with E-state index in [4.69, 9.17) is 4.74 Å². The van der Waals surface area contributed by atoms with Gasteiger partial charge in [-0.15, -0.1) is 0 Å². The van der Waals surface area contributed by atoms with Gasteiger partial charge in [-0.3, -0.25) is 19.6 Å². The number of aryl methyl sites for hydroxylation is 1. The third-order valence-electron chi connectivity index (χ3n) is 6.92. The van der Waals surface area contributed by atoms with E-state index in [2.05, 4.69) is 20.6 Å². The van der Waals surface area contributed by atoms with E-state index in [1.54, 1.807) is 53.2 Å². The molecule has 0 saturated carbocycles. The predicted octanol–water partition coefficient (Wildman–Crippen LogP) is 3.32. The number of aromatic nitrogens is 3. The second kappa shape index (κ2) is 11.2. The summed E-state index contributed by atoms with van der Waals surface area (Å²) in [5.74, 6) is -0.945. The van der Waals surface area contributed by atoms with Crippen LogP contribution in [-0.4, -0.2) is 83.5 Å². The van der Waals surface area contributed by atoms with Crippen molar-refractivity contribution in [2.45, 2.75) is 0 Å². The molecule has 0 radical (unpaired) electrons. The number of ether oxygens (including phenoxy) is 1. The van der Waals surface area contributed by atoms with Crippen molar-refractivity contribution in [3.8, 4) is 0 Å². The monoisotopic (exact) mass is 553 g/mol. The fourth-order valence-electron chi connectivity index (χ4n) is 4.70. The largest absolute Gasteiger partial charge is 0.465 e. The van der Waals surface area contributed by atoms with E-state index in [-0.39, 0.29) is 11.8 Å². The number of methoxy groups -OCH3 is 1. The number of nitrogens with zero attached hydrogens (tertiary/aromatic N) is 5. The van der Waals surface area contributed by atoms with E-state index in [9.17, 15) is 14.4 Å². The first-order chi connectivity index (χ1) is 19.7. The molecular formula is C30H31N7O4. The molecule has 0 bridgehead atoms. The number of amides is 2. The minimum absolute atomic E-state index is 0.114. The van der Waals surface area contributed by atoms with E-state index < -0.39 is 5.97 Å². The first-order valence-corrected chi connectivity index (χ1v) is 13.0.